The summed E-state index contributed by atoms with van der Waals surface area (Å²) in [7, 11) is 0. The number of carbonyl (C=O) groups excluding carboxylic acids is 1. The highest BCUT2D eigenvalue weighted by atomic mass is 16.2. The molecule has 110 valence electrons. The molecule has 0 radical (unpaired) electrons. The smallest absolute Gasteiger partial charge is 0.234 e. The van der Waals surface area contributed by atoms with Crippen LogP contribution in [0.1, 0.15) is 19.8 Å². The lowest BCUT2D eigenvalue weighted by atomic mass is 10.1. The SMILES string of the molecule is CCN1CCC(CNC(=O)CN2CCCNCC2)C1. The van der Waals surface area contributed by atoms with Gasteiger partial charge < -0.3 is 15.5 Å². The van der Waals surface area contributed by atoms with Crippen molar-refractivity contribution in [3.05, 3.63) is 0 Å². The van der Waals surface area contributed by atoms with Gasteiger partial charge in [0.25, 0.3) is 0 Å². The van der Waals surface area contributed by atoms with Crippen LogP contribution in [0.4, 0.5) is 0 Å². The van der Waals surface area contributed by atoms with Crippen molar-refractivity contribution in [1.29, 1.82) is 0 Å². The molecular weight excluding hydrogens is 240 g/mol. The van der Waals surface area contributed by atoms with Gasteiger partial charge >= 0.3 is 0 Å². The van der Waals surface area contributed by atoms with E-state index < -0.39 is 0 Å². The Kier molecular flexibility index (Phi) is 6.07. The molecule has 0 aliphatic carbocycles. The summed E-state index contributed by atoms with van der Waals surface area (Å²) < 4.78 is 0. The van der Waals surface area contributed by atoms with Gasteiger partial charge in [0, 0.05) is 26.2 Å². The number of rotatable bonds is 5. The second kappa shape index (κ2) is 7.82. The van der Waals surface area contributed by atoms with Crippen molar-refractivity contribution in [3.8, 4) is 0 Å². The molecule has 2 saturated heterocycles. The Morgan fingerprint density at radius 1 is 1.26 bits per heavy atom. The predicted octanol–water partition coefficient (Wildman–Crippen LogP) is -0.260. The maximum absolute atomic E-state index is 11.9. The van der Waals surface area contributed by atoms with Crippen molar-refractivity contribution < 1.29 is 4.79 Å². The van der Waals surface area contributed by atoms with E-state index in [0.717, 1.165) is 52.2 Å². The van der Waals surface area contributed by atoms with E-state index in [4.69, 9.17) is 0 Å². The number of nitrogens with zero attached hydrogens (tertiary/aromatic N) is 2. The molecule has 2 aliphatic heterocycles. The second-order valence-electron chi connectivity index (χ2n) is 5.73. The average Bonchev–Trinajstić information content (AvgIpc) is 2.73. The topological polar surface area (TPSA) is 47.6 Å². The first-order chi connectivity index (χ1) is 9.28. The van der Waals surface area contributed by atoms with Gasteiger partial charge in [-0.2, -0.15) is 0 Å². The van der Waals surface area contributed by atoms with E-state index in [9.17, 15) is 4.79 Å². The van der Waals surface area contributed by atoms with Crippen molar-refractivity contribution in [2.45, 2.75) is 19.8 Å². The van der Waals surface area contributed by atoms with Gasteiger partial charge in [0.1, 0.15) is 0 Å². The third-order valence-electron chi connectivity index (χ3n) is 4.21. The summed E-state index contributed by atoms with van der Waals surface area (Å²) in [6.07, 6.45) is 2.36. The molecule has 5 heteroatoms. The normalized spacial score (nSPS) is 26.3. The van der Waals surface area contributed by atoms with E-state index in [-0.39, 0.29) is 5.91 Å². The molecule has 0 aromatic carbocycles. The standard InChI is InChI=1S/C14H28N4O/c1-2-17-8-4-13(11-17)10-16-14(19)12-18-7-3-5-15-6-9-18/h13,15H,2-12H2,1H3,(H,16,19). The first-order valence-corrected chi connectivity index (χ1v) is 7.70. The fourth-order valence-electron chi connectivity index (χ4n) is 2.94. The van der Waals surface area contributed by atoms with Gasteiger partial charge in [-0.15, -0.1) is 0 Å². The molecule has 0 spiro atoms. The minimum absolute atomic E-state index is 0.192. The minimum atomic E-state index is 0.192. The van der Waals surface area contributed by atoms with Gasteiger partial charge in [-0.25, -0.2) is 0 Å². The first-order valence-electron chi connectivity index (χ1n) is 7.70. The highest BCUT2D eigenvalue weighted by Crippen LogP contribution is 2.14. The van der Waals surface area contributed by atoms with E-state index in [2.05, 4.69) is 27.4 Å². The van der Waals surface area contributed by atoms with Crippen molar-refractivity contribution in [2.75, 3.05) is 58.9 Å². The summed E-state index contributed by atoms with van der Waals surface area (Å²) in [6, 6.07) is 0. The molecule has 2 fully saturated rings. The average molecular weight is 268 g/mol. The maximum atomic E-state index is 11.9. The molecule has 0 aromatic rings. The van der Waals surface area contributed by atoms with Crippen molar-refractivity contribution in [1.82, 2.24) is 20.4 Å². The van der Waals surface area contributed by atoms with Crippen LogP contribution >= 0.6 is 0 Å². The summed E-state index contributed by atoms with van der Waals surface area (Å²) in [5, 5.41) is 6.47. The molecule has 0 saturated carbocycles. The number of carbonyl (C=O) groups is 1. The lowest BCUT2D eigenvalue weighted by Gasteiger charge is -2.19. The molecule has 19 heavy (non-hydrogen) atoms. The fraction of sp³-hybridized carbons (Fsp3) is 0.929. The number of hydrogen-bond acceptors (Lipinski definition) is 4. The number of likely N-dealkylation sites (tertiary alicyclic amines) is 1. The van der Waals surface area contributed by atoms with Gasteiger partial charge in [-0.05, 0) is 44.9 Å². The zero-order valence-corrected chi connectivity index (χ0v) is 12.2. The molecule has 2 rings (SSSR count). The zero-order chi connectivity index (χ0) is 13.5. The van der Waals surface area contributed by atoms with Gasteiger partial charge in [0.05, 0.1) is 6.54 Å². The Morgan fingerprint density at radius 2 is 2.16 bits per heavy atom. The lowest BCUT2D eigenvalue weighted by Crippen LogP contribution is -2.40. The predicted molar refractivity (Wildman–Crippen MR) is 77.2 cm³/mol. The molecule has 0 aromatic heterocycles. The minimum Gasteiger partial charge on any atom is -0.355 e. The van der Waals surface area contributed by atoms with Crippen LogP contribution in [0.5, 0.6) is 0 Å². The number of amides is 1. The summed E-state index contributed by atoms with van der Waals surface area (Å²) in [6.45, 7) is 11.2. The largest absolute Gasteiger partial charge is 0.355 e. The molecule has 1 atom stereocenters. The van der Waals surface area contributed by atoms with E-state index in [1.165, 1.54) is 13.0 Å². The first kappa shape index (κ1) is 14.8. The van der Waals surface area contributed by atoms with Gasteiger partial charge in [0.2, 0.25) is 5.91 Å². The van der Waals surface area contributed by atoms with Crippen LogP contribution in [0.25, 0.3) is 0 Å². The van der Waals surface area contributed by atoms with Crippen LogP contribution in [0.3, 0.4) is 0 Å². The summed E-state index contributed by atoms with van der Waals surface area (Å²) in [4.78, 5) is 16.7. The maximum Gasteiger partial charge on any atom is 0.234 e. The Hall–Kier alpha value is -0.650. The zero-order valence-electron chi connectivity index (χ0n) is 12.2. The van der Waals surface area contributed by atoms with E-state index in [1.54, 1.807) is 0 Å². The molecule has 2 N–H and O–H groups in total. The molecule has 5 nitrogen and oxygen atoms in total. The molecule has 2 heterocycles. The van der Waals surface area contributed by atoms with Crippen LogP contribution in [-0.2, 0) is 4.79 Å². The van der Waals surface area contributed by atoms with Crippen LogP contribution in [0.2, 0.25) is 0 Å². The second-order valence-corrected chi connectivity index (χ2v) is 5.73. The van der Waals surface area contributed by atoms with E-state index in [0.29, 0.717) is 12.5 Å². The van der Waals surface area contributed by atoms with Gasteiger partial charge in [-0.1, -0.05) is 6.92 Å². The van der Waals surface area contributed by atoms with Crippen LogP contribution in [-0.4, -0.2) is 74.6 Å². The van der Waals surface area contributed by atoms with Crippen molar-refractivity contribution >= 4 is 5.91 Å². The quantitative estimate of drug-likeness (QED) is 0.721. The Morgan fingerprint density at radius 3 is 2.95 bits per heavy atom. The number of nitrogens with one attached hydrogen (secondary N) is 2. The highest BCUT2D eigenvalue weighted by molar-refractivity contribution is 5.78. The van der Waals surface area contributed by atoms with Crippen molar-refractivity contribution in [3.63, 3.8) is 0 Å². The molecular formula is C14H28N4O. The monoisotopic (exact) mass is 268 g/mol. The Labute approximate surface area is 116 Å². The fourth-order valence-corrected chi connectivity index (χ4v) is 2.94. The Bertz CT molecular complexity index is 277. The molecule has 1 amide bonds. The van der Waals surface area contributed by atoms with Gasteiger partial charge in [0.15, 0.2) is 0 Å². The lowest BCUT2D eigenvalue weighted by molar-refractivity contribution is -0.122. The third-order valence-corrected chi connectivity index (χ3v) is 4.21. The number of hydrogen-bond donors (Lipinski definition) is 2. The highest BCUT2D eigenvalue weighted by Gasteiger charge is 2.21. The molecule has 0 bridgehead atoms. The van der Waals surface area contributed by atoms with E-state index in [1.807, 2.05) is 0 Å². The van der Waals surface area contributed by atoms with Gasteiger partial charge in [-0.3, -0.25) is 9.69 Å². The van der Waals surface area contributed by atoms with E-state index >= 15 is 0 Å². The van der Waals surface area contributed by atoms with Crippen LogP contribution in [0.15, 0.2) is 0 Å². The summed E-state index contributed by atoms with van der Waals surface area (Å²) in [5.41, 5.74) is 0. The summed E-state index contributed by atoms with van der Waals surface area (Å²) >= 11 is 0. The third kappa shape index (κ3) is 5.09. The summed E-state index contributed by atoms with van der Waals surface area (Å²) in [5.74, 6) is 0.839. The van der Waals surface area contributed by atoms with Crippen molar-refractivity contribution in [2.24, 2.45) is 5.92 Å². The molecule has 1 unspecified atom stereocenters. The Balaban J connectivity index is 1.61. The van der Waals surface area contributed by atoms with Crippen LogP contribution in [0, 0.1) is 5.92 Å². The molecule has 2 aliphatic rings. The van der Waals surface area contributed by atoms with Crippen LogP contribution < -0.4 is 10.6 Å².